The van der Waals surface area contributed by atoms with Crippen LogP contribution in [0.1, 0.15) is 38.5 Å². The summed E-state index contributed by atoms with van der Waals surface area (Å²) in [4.78, 5) is 0. The van der Waals surface area contributed by atoms with Gasteiger partial charge in [0.1, 0.15) is 42.7 Å². The van der Waals surface area contributed by atoms with E-state index in [1.54, 1.807) is 0 Å². The first-order valence-corrected chi connectivity index (χ1v) is 14.4. The molecule has 2 saturated carbocycles. The average molecular weight is 597 g/mol. The molecule has 5 aliphatic rings. The van der Waals surface area contributed by atoms with Crippen LogP contribution in [0.2, 0.25) is 0 Å². The van der Waals surface area contributed by atoms with Gasteiger partial charge >= 0.3 is 0 Å². The van der Waals surface area contributed by atoms with Crippen LogP contribution in [0.15, 0.2) is 0 Å². The molecule has 0 aromatic carbocycles. The van der Waals surface area contributed by atoms with E-state index in [4.69, 9.17) is 23.7 Å². The first-order chi connectivity index (χ1) is 19.5. The maximum absolute atomic E-state index is 11.0. The van der Waals surface area contributed by atoms with E-state index in [1.165, 1.54) is 0 Å². The Morgan fingerprint density at radius 2 is 1.37 bits per heavy atom. The fraction of sp³-hybridized carbons (Fsp3) is 1.00. The smallest absolute Gasteiger partial charge is 0.187 e. The Bertz CT molecular complexity index is 850. The molecule has 5 fully saturated rings. The summed E-state index contributed by atoms with van der Waals surface area (Å²) in [5, 5.41) is 103. The molecule has 0 bridgehead atoms. The van der Waals surface area contributed by atoms with Gasteiger partial charge in [0.05, 0.1) is 55.9 Å². The molecule has 10 N–H and O–H groups in total. The van der Waals surface area contributed by atoms with Crippen molar-refractivity contribution in [2.45, 2.75) is 137 Å². The second kappa shape index (κ2) is 13.2. The third-order valence-electron chi connectivity index (χ3n) is 9.35. The lowest BCUT2D eigenvalue weighted by atomic mass is 9.72. The first kappa shape index (κ1) is 31.8. The second-order valence-corrected chi connectivity index (χ2v) is 12.2. The lowest BCUT2D eigenvalue weighted by Gasteiger charge is -2.51. The lowest BCUT2D eigenvalue weighted by Crippen LogP contribution is -2.64. The van der Waals surface area contributed by atoms with Crippen molar-refractivity contribution in [3.63, 3.8) is 0 Å². The SMILES string of the molecule is OC[C@H]1O[C@@H](OC2CC3C(O)CC(O)CC3OC2C2CCC(O)C(O)C2)[C@H](O)[C@@H](O)[C@@H]1O[C@H]1OC[C@@H](O)[C@H](O)[C@H]1O. The molecule has 9 unspecified atom stereocenters. The zero-order valence-corrected chi connectivity index (χ0v) is 22.6. The number of hydrogen-bond donors (Lipinski definition) is 10. The third kappa shape index (κ3) is 6.60. The first-order valence-electron chi connectivity index (χ1n) is 14.4. The quantitative estimate of drug-likeness (QED) is 0.139. The summed E-state index contributed by atoms with van der Waals surface area (Å²) in [7, 11) is 0. The summed E-state index contributed by atoms with van der Waals surface area (Å²) in [6.07, 6.45) is -17.1. The second-order valence-electron chi connectivity index (χ2n) is 12.2. The maximum atomic E-state index is 11.0. The lowest BCUT2D eigenvalue weighted by molar-refractivity contribution is -0.361. The summed E-state index contributed by atoms with van der Waals surface area (Å²) >= 11 is 0. The van der Waals surface area contributed by atoms with E-state index in [2.05, 4.69) is 0 Å². The van der Waals surface area contributed by atoms with Gasteiger partial charge < -0.3 is 74.7 Å². The minimum absolute atomic E-state index is 0.171. The van der Waals surface area contributed by atoms with Gasteiger partial charge in [0.2, 0.25) is 0 Å². The molecule has 0 spiro atoms. The summed E-state index contributed by atoms with van der Waals surface area (Å²) < 4.78 is 29.2. The number of aliphatic hydroxyl groups is 10. The molecule has 3 heterocycles. The average Bonchev–Trinajstić information content (AvgIpc) is 2.94. The van der Waals surface area contributed by atoms with Crippen molar-refractivity contribution in [3.8, 4) is 0 Å². The predicted molar refractivity (Wildman–Crippen MR) is 133 cm³/mol. The molecular weight excluding hydrogens is 552 g/mol. The molecule has 18 atom stereocenters. The van der Waals surface area contributed by atoms with E-state index >= 15 is 0 Å². The van der Waals surface area contributed by atoms with Crippen molar-refractivity contribution in [3.05, 3.63) is 0 Å². The standard InChI is InChI=1S/C26H44O15/c27-7-18-24(41-25-21(35)19(33)15(32)8-37-25)20(34)22(36)26(40-18)39-17-6-11-13(30)4-10(28)5-16(11)38-23(17)9-1-2-12(29)14(31)3-9/h9-36H,1-8H2/t9?,10?,11?,12?,13?,14?,15-,16?,17?,18-,19+,20-,21-,22-,23?,24-,25-,26-/m1/s1. The van der Waals surface area contributed by atoms with Crippen LogP contribution < -0.4 is 0 Å². The van der Waals surface area contributed by atoms with E-state index in [1.807, 2.05) is 0 Å². The Morgan fingerprint density at radius 1 is 0.634 bits per heavy atom. The van der Waals surface area contributed by atoms with Crippen LogP contribution in [0.4, 0.5) is 0 Å². The molecule has 5 rings (SSSR count). The van der Waals surface area contributed by atoms with E-state index in [-0.39, 0.29) is 37.7 Å². The van der Waals surface area contributed by atoms with Gasteiger partial charge in [-0.05, 0) is 44.4 Å². The number of aliphatic hydroxyl groups excluding tert-OH is 10. The minimum Gasteiger partial charge on any atom is -0.394 e. The highest BCUT2D eigenvalue weighted by Crippen LogP contribution is 2.43. The van der Waals surface area contributed by atoms with Crippen molar-refractivity contribution in [1.82, 2.24) is 0 Å². The molecule has 15 heteroatoms. The van der Waals surface area contributed by atoms with Crippen molar-refractivity contribution in [2.75, 3.05) is 13.2 Å². The van der Waals surface area contributed by atoms with Gasteiger partial charge in [-0.1, -0.05) is 0 Å². The normalized spacial score (nSPS) is 54.9. The Labute approximate surface area is 236 Å². The number of rotatable bonds is 6. The highest BCUT2D eigenvalue weighted by molar-refractivity contribution is 4.99. The van der Waals surface area contributed by atoms with E-state index in [0.29, 0.717) is 19.3 Å². The molecule has 41 heavy (non-hydrogen) atoms. The topological polar surface area (TPSA) is 248 Å². The van der Waals surface area contributed by atoms with E-state index < -0.39 is 105 Å². The van der Waals surface area contributed by atoms with Crippen LogP contribution >= 0.6 is 0 Å². The van der Waals surface area contributed by atoms with Crippen LogP contribution in [0.3, 0.4) is 0 Å². The van der Waals surface area contributed by atoms with E-state index in [9.17, 15) is 51.1 Å². The van der Waals surface area contributed by atoms with Gasteiger partial charge in [-0.2, -0.15) is 0 Å². The van der Waals surface area contributed by atoms with Crippen LogP contribution in [-0.2, 0) is 23.7 Å². The summed E-state index contributed by atoms with van der Waals surface area (Å²) in [5.74, 6) is -0.640. The zero-order chi connectivity index (χ0) is 29.6. The fourth-order valence-electron chi connectivity index (χ4n) is 6.97. The van der Waals surface area contributed by atoms with Crippen LogP contribution in [0, 0.1) is 11.8 Å². The van der Waals surface area contributed by atoms with E-state index in [0.717, 1.165) is 0 Å². The molecule has 0 aromatic rings. The van der Waals surface area contributed by atoms with Gasteiger partial charge in [-0.15, -0.1) is 0 Å². The van der Waals surface area contributed by atoms with Crippen molar-refractivity contribution in [2.24, 2.45) is 11.8 Å². The van der Waals surface area contributed by atoms with Gasteiger partial charge in [-0.25, -0.2) is 0 Å². The van der Waals surface area contributed by atoms with Gasteiger partial charge in [0.15, 0.2) is 12.6 Å². The number of hydrogen-bond acceptors (Lipinski definition) is 15. The van der Waals surface area contributed by atoms with Gasteiger partial charge in [0.25, 0.3) is 0 Å². The molecule has 0 radical (unpaired) electrons. The molecule has 3 saturated heterocycles. The minimum atomic E-state index is -1.70. The van der Waals surface area contributed by atoms with Gasteiger partial charge in [0, 0.05) is 5.92 Å². The molecule has 15 nitrogen and oxygen atoms in total. The maximum Gasteiger partial charge on any atom is 0.187 e. The van der Waals surface area contributed by atoms with Crippen LogP contribution in [0.25, 0.3) is 0 Å². The highest BCUT2D eigenvalue weighted by Gasteiger charge is 2.53. The molecular formula is C26H44O15. The molecule has 0 amide bonds. The zero-order valence-electron chi connectivity index (χ0n) is 22.6. The Balaban J connectivity index is 1.30. The predicted octanol–water partition coefficient (Wildman–Crippen LogP) is -4.55. The summed E-state index contributed by atoms with van der Waals surface area (Å²) in [5.41, 5.74) is 0. The highest BCUT2D eigenvalue weighted by atomic mass is 16.7. The number of fused-ring (bicyclic) bond motifs is 1. The monoisotopic (exact) mass is 596 g/mol. The largest absolute Gasteiger partial charge is 0.394 e. The van der Waals surface area contributed by atoms with Gasteiger partial charge in [-0.3, -0.25) is 0 Å². The van der Waals surface area contributed by atoms with Crippen molar-refractivity contribution in [1.29, 1.82) is 0 Å². The number of ether oxygens (including phenoxy) is 5. The van der Waals surface area contributed by atoms with Crippen LogP contribution in [0.5, 0.6) is 0 Å². The molecule has 2 aliphatic carbocycles. The Kier molecular flexibility index (Phi) is 10.2. The van der Waals surface area contributed by atoms with Crippen molar-refractivity contribution >= 4 is 0 Å². The van der Waals surface area contributed by atoms with Crippen LogP contribution in [-0.4, -0.2) is 162 Å². The fourth-order valence-corrected chi connectivity index (χ4v) is 6.97. The third-order valence-corrected chi connectivity index (χ3v) is 9.35. The van der Waals surface area contributed by atoms with Crippen molar-refractivity contribution < 1.29 is 74.7 Å². The summed E-state index contributed by atoms with van der Waals surface area (Å²) in [6, 6.07) is 0. The Morgan fingerprint density at radius 3 is 2.07 bits per heavy atom. The molecule has 0 aromatic heterocycles. The molecule has 238 valence electrons. The Hall–Kier alpha value is -0.600. The summed E-state index contributed by atoms with van der Waals surface area (Å²) in [6.45, 7) is -1.04. The molecule has 3 aliphatic heterocycles.